The maximum absolute atomic E-state index is 10.8. The fraction of sp³-hybridized carbons (Fsp3) is 0.364. The smallest absolute Gasteiger partial charge is 0.549 e. The number of carboxylic acids is 1. The molecular formula is C11H11NaO2. The Hall–Kier alpha value is -0.310. The van der Waals surface area contributed by atoms with Crippen molar-refractivity contribution in [3.8, 4) is 0 Å². The van der Waals surface area contributed by atoms with E-state index in [1.54, 1.807) is 0 Å². The second-order valence-corrected chi connectivity index (χ2v) is 3.46. The molecule has 0 heterocycles. The summed E-state index contributed by atoms with van der Waals surface area (Å²) in [6.07, 6.45) is 2.68. The molecule has 3 heteroatoms. The Bertz CT molecular complexity index is 336. The Kier molecular flexibility index (Phi) is 4.17. The van der Waals surface area contributed by atoms with Gasteiger partial charge in [-0.1, -0.05) is 24.3 Å². The molecule has 0 spiro atoms. The van der Waals surface area contributed by atoms with Crippen LogP contribution in [0, 0.1) is 0 Å². The Balaban J connectivity index is 0.000000980. The summed E-state index contributed by atoms with van der Waals surface area (Å²) in [6.45, 7) is 0. The summed E-state index contributed by atoms with van der Waals surface area (Å²) in [5.41, 5.74) is 2.12. The van der Waals surface area contributed by atoms with Crippen LogP contribution in [0.3, 0.4) is 0 Å². The Labute approximate surface area is 106 Å². The SMILES string of the molecule is O=C([O-])C1CCCc2ccccc21.[Na+]. The van der Waals surface area contributed by atoms with E-state index in [2.05, 4.69) is 0 Å². The van der Waals surface area contributed by atoms with E-state index in [1.165, 1.54) is 5.56 Å². The minimum absolute atomic E-state index is 0. The maximum Gasteiger partial charge on any atom is 1.00 e. The van der Waals surface area contributed by atoms with Crippen molar-refractivity contribution in [1.82, 2.24) is 0 Å². The minimum atomic E-state index is -0.938. The van der Waals surface area contributed by atoms with Gasteiger partial charge in [0.25, 0.3) is 0 Å². The van der Waals surface area contributed by atoms with Crippen LogP contribution in [-0.4, -0.2) is 5.97 Å². The number of carbonyl (C=O) groups is 1. The third kappa shape index (κ3) is 2.19. The normalized spacial score (nSPS) is 19.3. The van der Waals surface area contributed by atoms with Crippen LogP contribution < -0.4 is 34.7 Å². The van der Waals surface area contributed by atoms with E-state index < -0.39 is 5.97 Å². The molecule has 0 radical (unpaired) electrons. The Morgan fingerprint density at radius 2 is 2.07 bits per heavy atom. The molecule has 68 valence electrons. The molecule has 14 heavy (non-hydrogen) atoms. The minimum Gasteiger partial charge on any atom is -0.549 e. The van der Waals surface area contributed by atoms with Crippen molar-refractivity contribution in [2.24, 2.45) is 0 Å². The van der Waals surface area contributed by atoms with Gasteiger partial charge in [0.1, 0.15) is 0 Å². The number of aliphatic carboxylic acids is 1. The molecule has 2 rings (SSSR count). The van der Waals surface area contributed by atoms with Crippen molar-refractivity contribution in [1.29, 1.82) is 0 Å². The average molecular weight is 198 g/mol. The molecule has 1 unspecified atom stereocenters. The van der Waals surface area contributed by atoms with Gasteiger partial charge in [-0.05, 0) is 30.4 Å². The molecular weight excluding hydrogens is 187 g/mol. The van der Waals surface area contributed by atoms with E-state index in [-0.39, 0.29) is 35.5 Å². The molecule has 0 amide bonds. The molecule has 2 nitrogen and oxygen atoms in total. The number of hydrogen-bond donors (Lipinski definition) is 0. The van der Waals surface area contributed by atoms with E-state index in [4.69, 9.17) is 0 Å². The van der Waals surface area contributed by atoms with Crippen molar-refractivity contribution in [2.75, 3.05) is 0 Å². The molecule has 0 saturated heterocycles. The van der Waals surface area contributed by atoms with Crippen LogP contribution >= 0.6 is 0 Å². The van der Waals surface area contributed by atoms with E-state index in [0.29, 0.717) is 0 Å². The van der Waals surface area contributed by atoms with Gasteiger partial charge in [-0.3, -0.25) is 0 Å². The fourth-order valence-electron chi connectivity index (χ4n) is 2.00. The molecule has 0 aliphatic heterocycles. The molecule has 1 aliphatic rings. The molecule has 0 fully saturated rings. The predicted octanol–water partition coefficient (Wildman–Crippen LogP) is -2.14. The molecule has 1 aromatic carbocycles. The van der Waals surface area contributed by atoms with Crippen LogP contribution in [0.5, 0.6) is 0 Å². The van der Waals surface area contributed by atoms with Gasteiger partial charge in [0.05, 0.1) is 0 Å². The molecule has 1 aliphatic carbocycles. The van der Waals surface area contributed by atoms with Gasteiger partial charge in [0, 0.05) is 11.9 Å². The van der Waals surface area contributed by atoms with Gasteiger partial charge in [0.15, 0.2) is 0 Å². The first-order chi connectivity index (χ1) is 6.29. The maximum atomic E-state index is 10.8. The van der Waals surface area contributed by atoms with Gasteiger partial charge < -0.3 is 9.90 Å². The van der Waals surface area contributed by atoms with Crippen LogP contribution in [0.15, 0.2) is 24.3 Å². The summed E-state index contributed by atoms with van der Waals surface area (Å²) in [6, 6.07) is 7.75. The largest absolute Gasteiger partial charge is 1.00 e. The van der Waals surface area contributed by atoms with Crippen LogP contribution in [0.4, 0.5) is 0 Å². The van der Waals surface area contributed by atoms with Gasteiger partial charge in [-0.15, -0.1) is 0 Å². The number of carbonyl (C=O) groups excluding carboxylic acids is 1. The number of aryl methyl sites for hydroxylation is 1. The van der Waals surface area contributed by atoms with Crippen molar-refractivity contribution in [3.05, 3.63) is 35.4 Å². The molecule has 0 saturated carbocycles. The van der Waals surface area contributed by atoms with E-state index in [0.717, 1.165) is 24.8 Å². The Morgan fingerprint density at radius 3 is 2.79 bits per heavy atom. The number of rotatable bonds is 1. The van der Waals surface area contributed by atoms with Crippen LogP contribution in [0.2, 0.25) is 0 Å². The monoisotopic (exact) mass is 198 g/mol. The molecule has 1 atom stereocenters. The average Bonchev–Trinajstić information content (AvgIpc) is 2.17. The van der Waals surface area contributed by atoms with Gasteiger partial charge in [-0.2, -0.15) is 0 Å². The van der Waals surface area contributed by atoms with Crippen molar-refractivity contribution < 1.29 is 39.5 Å². The van der Waals surface area contributed by atoms with Gasteiger partial charge >= 0.3 is 29.6 Å². The summed E-state index contributed by atoms with van der Waals surface area (Å²) < 4.78 is 0. The summed E-state index contributed by atoms with van der Waals surface area (Å²) in [5.74, 6) is -1.32. The first-order valence-corrected chi connectivity index (χ1v) is 4.57. The third-order valence-corrected chi connectivity index (χ3v) is 2.65. The number of fused-ring (bicyclic) bond motifs is 1. The van der Waals surface area contributed by atoms with Crippen LogP contribution in [-0.2, 0) is 11.2 Å². The zero-order valence-corrected chi connectivity index (χ0v) is 10.3. The zero-order chi connectivity index (χ0) is 9.26. The predicted molar refractivity (Wildman–Crippen MR) is 47.1 cm³/mol. The van der Waals surface area contributed by atoms with Crippen molar-refractivity contribution in [3.63, 3.8) is 0 Å². The molecule has 0 aromatic heterocycles. The van der Waals surface area contributed by atoms with Crippen molar-refractivity contribution >= 4 is 5.97 Å². The van der Waals surface area contributed by atoms with Gasteiger partial charge in [-0.25, -0.2) is 0 Å². The summed E-state index contributed by atoms with van der Waals surface area (Å²) in [7, 11) is 0. The van der Waals surface area contributed by atoms with Gasteiger partial charge in [0.2, 0.25) is 0 Å². The van der Waals surface area contributed by atoms with E-state index in [9.17, 15) is 9.90 Å². The van der Waals surface area contributed by atoms with E-state index >= 15 is 0 Å². The molecule has 0 bridgehead atoms. The Morgan fingerprint density at radius 1 is 1.36 bits per heavy atom. The quantitative estimate of drug-likeness (QED) is 0.483. The second-order valence-electron chi connectivity index (χ2n) is 3.46. The number of carboxylic acid groups (broad SMARTS) is 1. The van der Waals surface area contributed by atoms with Crippen LogP contribution in [0.1, 0.15) is 29.9 Å². The summed E-state index contributed by atoms with van der Waals surface area (Å²) >= 11 is 0. The summed E-state index contributed by atoms with van der Waals surface area (Å²) in [5, 5.41) is 10.8. The van der Waals surface area contributed by atoms with E-state index in [1.807, 2.05) is 24.3 Å². The zero-order valence-electron chi connectivity index (χ0n) is 8.32. The standard InChI is InChI=1S/C11H12O2.Na/c12-11(13)10-7-3-5-8-4-1-2-6-9(8)10;/h1-2,4,6,10H,3,5,7H2,(H,12,13);/q;+1/p-1. The third-order valence-electron chi connectivity index (χ3n) is 2.65. The first-order valence-electron chi connectivity index (χ1n) is 4.57. The number of hydrogen-bond acceptors (Lipinski definition) is 2. The second kappa shape index (κ2) is 4.96. The summed E-state index contributed by atoms with van der Waals surface area (Å²) in [4.78, 5) is 10.8. The first kappa shape index (κ1) is 11.8. The van der Waals surface area contributed by atoms with Crippen molar-refractivity contribution in [2.45, 2.75) is 25.2 Å². The topological polar surface area (TPSA) is 40.1 Å². The fourth-order valence-corrected chi connectivity index (χ4v) is 2.00. The molecule has 1 aromatic rings. The van der Waals surface area contributed by atoms with Crippen LogP contribution in [0.25, 0.3) is 0 Å². The number of benzene rings is 1. The molecule has 0 N–H and O–H groups in total.